The number of hydrogen-bond acceptors (Lipinski definition) is 4. The smallest absolute Gasteiger partial charge is 0.242 e. The van der Waals surface area contributed by atoms with Gasteiger partial charge in [-0.25, -0.2) is 13.1 Å². The fraction of sp³-hybridized carbons (Fsp3) is 0.231. The molecule has 5 nitrogen and oxygen atoms in total. The molecular formula is C13H16N2O3S. The van der Waals surface area contributed by atoms with Crippen molar-refractivity contribution in [2.75, 3.05) is 12.4 Å². The molecule has 102 valence electrons. The van der Waals surface area contributed by atoms with Gasteiger partial charge in [-0.3, -0.25) is 0 Å². The van der Waals surface area contributed by atoms with Crippen LogP contribution in [0.4, 0.5) is 5.69 Å². The highest BCUT2D eigenvalue weighted by atomic mass is 32.2. The fourth-order valence-corrected chi connectivity index (χ4v) is 2.63. The highest BCUT2D eigenvalue weighted by Gasteiger charge is 2.15. The van der Waals surface area contributed by atoms with Gasteiger partial charge in [-0.05, 0) is 38.2 Å². The molecule has 0 unspecified atom stereocenters. The number of aryl methyl sites for hydroxylation is 1. The Hall–Kier alpha value is -1.79. The Balaban J connectivity index is 2.21. The van der Waals surface area contributed by atoms with E-state index < -0.39 is 10.0 Å². The van der Waals surface area contributed by atoms with Crippen molar-refractivity contribution in [3.8, 4) is 0 Å². The van der Waals surface area contributed by atoms with Crippen molar-refractivity contribution >= 4 is 15.7 Å². The lowest BCUT2D eigenvalue weighted by Crippen LogP contribution is -2.20. The molecule has 2 N–H and O–H groups in total. The van der Waals surface area contributed by atoms with Crippen LogP contribution in [0, 0.1) is 6.92 Å². The van der Waals surface area contributed by atoms with Gasteiger partial charge in [0, 0.05) is 0 Å². The molecule has 0 amide bonds. The Kier molecular flexibility index (Phi) is 3.92. The number of hydrogen-bond donors (Lipinski definition) is 2. The first-order chi connectivity index (χ1) is 9.03. The monoisotopic (exact) mass is 280 g/mol. The van der Waals surface area contributed by atoms with Crippen LogP contribution in [-0.4, -0.2) is 15.5 Å². The average Bonchev–Trinajstić information content (AvgIpc) is 2.82. The summed E-state index contributed by atoms with van der Waals surface area (Å²) in [5.74, 6) is 1.59. The van der Waals surface area contributed by atoms with E-state index in [4.69, 9.17) is 4.42 Å². The maximum absolute atomic E-state index is 11.9. The van der Waals surface area contributed by atoms with Crippen molar-refractivity contribution in [1.82, 2.24) is 4.72 Å². The highest BCUT2D eigenvalue weighted by molar-refractivity contribution is 7.89. The lowest BCUT2D eigenvalue weighted by atomic mass is 10.3. The molecule has 0 radical (unpaired) electrons. The minimum absolute atomic E-state index is 0.223. The first-order valence-electron chi connectivity index (χ1n) is 5.84. The van der Waals surface area contributed by atoms with E-state index in [9.17, 15) is 8.42 Å². The summed E-state index contributed by atoms with van der Waals surface area (Å²) in [4.78, 5) is 0.223. The zero-order chi connectivity index (χ0) is 13.9. The lowest BCUT2D eigenvalue weighted by molar-refractivity contribution is 0.490. The summed E-state index contributed by atoms with van der Waals surface area (Å²) in [6, 6.07) is 10.5. The molecule has 0 aliphatic rings. The first-order valence-corrected chi connectivity index (χ1v) is 7.33. The van der Waals surface area contributed by atoms with Crippen LogP contribution >= 0.6 is 0 Å². The van der Waals surface area contributed by atoms with E-state index in [0.29, 0.717) is 12.2 Å². The molecule has 19 heavy (non-hydrogen) atoms. The third-order valence-electron chi connectivity index (χ3n) is 2.69. The second-order valence-corrected chi connectivity index (χ2v) is 5.92. The Bertz CT molecular complexity index is 662. The van der Waals surface area contributed by atoms with E-state index in [1.165, 1.54) is 7.05 Å². The molecular weight excluding hydrogens is 264 g/mol. The molecule has 0 spiro atoms. The molecule has 6 heteroatoms. The second-order valence-electron chi connectivity index (χ2n) is 4.07. The van der Waals surface area contributed by atoms with Gasteiger partial charge in [0.05, 0.1) is 12.2 Å². The molecule has 0 saturated carbocycles. The summed E-state index contributed by atoms with van der Waals surface area (Å²) in [5.41, 5.74) is 0.547. The molecule has 0 aliphatic heterocycles. The van der Waals surface area contributed by atoms with E-state index in [0.717, 1.165) is 11.5 Å². The molecule has 0 atom stereocenters. The van der Waals surface area contributed by atoms with E-state index in [-0.39, 0.29) is 4.90 Å². The van der Waals surface area contributed by atoms with Crippen LogP contribution in [0.5, 0.6) is 0 Å². The largest absolute Gasteiger partial charge is 0.465 e. The third kappa shape index (κ3) is 3.15. The fourth-order valence-electron chi connectivity index (χ4n) is 1.72. The minimum Gasteiger partial charge on any atom is -0.465 e. The van der Waals surface area contributed by atoms with Crippen LogP contribution < -0.4 is 10.0 Å². The summed E-state index contributed by atoms with van der Waals surface area (Å²) in [6.45, 7) is 2.30. The predicted octanol–water partition coefficient (Wildman–Crippen LogP) is 2.11. The van der Waals surface area contributed by atoms with Gasteiger partial charge in [0.15, 0.2) is 0 Å². The summed E-state index contributed by atoms with van der Waals surface area (Å²) < 4.78 is 31.5. The van der Waals surface area contributed by atoms with E-state index in [2.05, 4.69) is 10.0 Å². The van der Waals surface area contributed by atoms with Crippen molar-refractivity contribution in [3.63, 3.8) is 0 Å². The van der Waals surface area contributed by atoms with Crippen molar-refractivity contribution in [1.29, 1.82) is 0 Å². The molecule has 0 aliphatic carbocycles. The molecule has 2 rings (SSSR count). The average molecular weight is 280 g/mol. The van der Waals surface area contributed by atoms with Crippen LogP contribution in [0.1, 0.15) is 11.5 Å². The number of anilines is 1. The molecule has 2 aromatic rings. The maximum atomic E-state index is 11.9. The van der Waals surface area contributed by atoms with Gasteiger partial charge in [-0.15, -0.1) is 0 Å². The summed E-state index contributed by atoms with van der Waals surface area (Å²) in [5, 5.41) is 3.07. The molecule has 1 heterocycles. The van der Waals surface area contributed by atoms with Crippen molar-refractivity contribution in [3.05, 3.63) is 47.9 Å². The summed E-state index contributed by atoms with van der Waals surface area (Å²) in [7, 11) is -2.08. The number of sulfonamides is 1. The van der Waals surface area contributed by atoms with Crippen molar-refractivity contribution in [2.24, 2.45) is 0 Å². The third-order valence-corrected chi connectivity index (χ3v) is 4.17. The molecule has 0 fully saturated rings. The van der Waals surface area contributed by atoms with Gasteiger partial charge in [-0.2, -0.15) is 0 Å². The van der Waals surface area contributed by atoms with Crippen LogP contribution in [0.25, 0.3) is 0 Å². The van der Waals surface area contributed by atoms with Crippen LogP contribution in [0.15, 0.2) is 45.7 Å². The van der Waals surface area contributed by atoms with Crippen LogP contribution in [-0.2, 0) is 16.6 Å². The normalized spacial score (nSPS) is 11.5. The number of rotatable bonds is 5. The van der Waals surface area contributed by atoms with Gasteiger partial charge in [0.25, 0.3) is 0 Å². The van der Waals surface area contributed by atoms with Crippen molar-refractivity contribution in [2.45, 2.75) is 18.4 Å². The topological polar surface area (TPSA) is 71.3 Å². The van der Waals surface area contributed by atoms with Gasteiger partial charge >= 0.3 is 0 Å². The number of para-hydroxylation sites is 1. The summed E-state index contributed by atoms with van der Waals surface area (Å²) >= 11 is 0. The van der Waals surface area contributed by atoms with Crippen LogP contribution in [0.3, 0.4) is 0 Å². The maximum Gasteiger partial charge on any atom is 0.242 e. The Morgan fingerprint density at radius 3 is 2.53 bits per heavy atom. The first kappa shape index (κ1) is 13.6. The highest BCUT2D eigenvalue weighted by Crippen LogP contribution is 2.21. The SMILES string of the molecule is CNS(=O)(=O)c1ccccc1NCc1ccc(C)o1. The van der Waals surface area contributed by atoms with Gasteiger partial charge in [0.2, 0.25) is 10.0 Å². The predicted molar refractivity (Wildman–Crippen MR) is 73.5 cm³/mol. The van der Waals surface area contributed by atoms with Crippen LogP contribution in [0.2, 0.25) is 0 Å². The minimum atomic E-state index is -3.47. The number of nitrogens with one attached hydrogen (secondary N) is 2. The van der Waals surface area contributed by atoms with E-state index in [1.807, 2.05) is 19.1 Å². The number of benzene rings is 1. The zero-order valence-corrected chi connectivity index (χ0v) is 11.6. The van der Waals surface area contributed by atoms with E-state index in [1.54, 1.807) is 24.3 Å². The Labute approximate surface area is 112 Å². The lowest BCUT2D eigenvalue weighted by Gasteiger charge is -2.10. The molecule has 1 aromatic heterocycles. The summed E-state index contributed by atoms with van der Waals surface area (Å²) in [6.07, 6.45) is 0. The molecule has 1 aromatic carbocycles. The molecule has 0 bridgehead atoms. The quantitative estimate of drug-likeness (QED) is 0.880. The standard InChI is InChI=1S/C13H16N2O3S/c1-10-7-8-11(18-10)9-15-12-5-3-4-6-13(12)19(16,17)14-2/h3-8,14-15H,9H2,1-2H3. The Morgan fingerprint density at radius 2 is 1.89 bits per heavy atom. The van der Waals surface area contributed by atoms with Gasteiger partial charge < -0.3 is 9.73 Å². The zero-order valence-electron chi connectivity index (χ0n) is 10.8. The van der Waals surface area contributed by atoms with Crippen molar-refractivity contribution < 1.29 is 12.8 Å². The van der Waals surface area contributed by atoms with Gasteiger partial charge in [-0.1, -0.05) is 12.1 Å². The molecule has 0 saturated heterocycles. The number of furan rings is 1. The second kappa shape index (κ2) is 5.46. The van der Waals surface area contributed by atoms with E-state index >= 15 is 0 Å². The van der Waals surface area contributed by atoms with Gasteiger partial charge in [0.1, 0.15) is 16.4 Å². The Morgan fingerprint density at radius 1 is 1.16 bits per heavy atom.